The number of amides is 2. The van der Waals surface area contributed by atoms with E-state index in [4.69, 9.17) is 5.26 Å². The van der Waals surface area contributed by atoms with E-state index in [1.807, 2.05) is 21.9 Å². The molecule has 1 aromatic rings. The quantitative estimate of drug-likeness (QED) is 0.524. The molecule has 0 N–H and O–H groups in total. The lowest BCUT2D eigenvalue weighted by atomic mass is 10.1. The number of nitrogens with zero attached hydrogens (tertiary/aromatic N) is 4. The van der Waals surface area contributed by atoms with Gasteiger partial charge in [0, 0.05) is 19.1 Å². The Hall–Kier alpha value is -2.59. The maximum Gasteiger partial charge on any atom is 0.278 e. The highest BCUT2D eigenvalue weighted by molar-refractivity contribution is 8.14. The van der Waals surface area contributed by atoms with E-state index in [0.29, 0.717) is 22.2 Å². The fourth-order valence-electron chi connectivity index (χ4n) is 4.44. The molecule has 0 atom stereocenters. The molecule has 0 aromatic heterocycles. The fraction of sp³-hybridized carbons (Fsp3) is 0.500. The maximum absolute atomic E-state index is 13.3. The van der Waals surface area contributed by atoms with Crippen molar-refractivity contribution >= 4 is 34.8 Å². The third kappa shape index (κ3) is 5.19. The Bertz CT molecular complexity index is 918. The molecule has 2 aliphatic heterocycles. The third-order valence-corrected chi connectivity index (χ3v) is 7.11. The van der Waals surface area contributed by atoms with Crippen molar-refractivity contribution in [1.29, 1.82) is 5.26 Å². The molecule has 6 nitrogen and oxygen atoms in total. The topological polar surface area (TPSA) is 76.8 Å². The molecule has 2 fully saturated rings. The largest absolute Gasteiger partial charge is 0.342 e. The standard InChI is InChI=1S/C24H28N4O2S/c25-16-19-11-9-18(10-12-19)15-21-23(30)28(20-7-3-1-2-4-8-20)24(26-21)31-17-22(29)27-13-5-6-14-27/h9-12,15,20H,1-8,13-14,17H2. The summed E-state index contributed by atoms with van der Waals surface area (Å²) in [6.07, 6.45) is 10.5. The molecule has 0 spiro atoms. The van der Waals surface area contributed by atoms with Crippen LogP contribution >= 0.6 is 11.8 Å². The second-order valence-electron chi connectivity index (χ2n) is 8.35. The zero-order valence-electron chi connectivity index (χ0n) is 17.8. The molecule has 1 aromatic carbocycles. The summed E-state index contributed by atoms with van der Waals surface area (Å²) >= 11 is 1.39. The Morgan fingerprint density at radius 3 is 2.42 bits per heavy atom. The van der Waals surface area contributed by atoms with E-state index >= 15 is 0 Å². The third-order valence-electron chi connectivity index (χ3n) is 6.18. The van der Waals surface area contributed by atoms with Crippen LogP contribution in [0.15, 0.2) is 35.0 Å². The molecule has 0 bridgehead atoms. The second-order valence-corrected chi connectivity index (χ2v) is 9.30. The predicted octanol–water partition coefficient (Wildman–Crippen LogP) is 4.18. The average Bonchev–Trinajstić information content (AvgIpc) is 3.34. The minimum atomic E-state index is -0.0765. The number of aliphatic imine (C=N–C) groups is 1. The van der Waals surface area contributed by atoms with Crippen molar-refractivity contribution in [1.82, 2.24) is 9.80 Å². The van der Waals surface area contributed by atoms with E-state index in [-0.39, 0.29) is 17.9 Å². The average molecular weight is 437 g/mol. The molecule has 1 aliphatic carbocycles. The molecule has 7 heteroatoms. The summed E-state index contributed by atoms with van der Waals surface area (Å²) < 4.78 is 0. The first-order valence-electron chi connectivity index (χ1n) is 11.2. The number of hydrogen-bond acceptors (Lipinski definition) is 5. The molecule has 162 valence electrons. The van der Waals surface area contributed by atoms with Gasteiger partial charge < -0.3 is 4.90 Å². The number of carbonyl (C=O) groups excluding carboxylic acids is 2. The molecular formula is C24H28N4O2S. The minimum absolute atomic E-state index is 0.0765. The Morgan fingerprint density at radius 1 is 1.10 bits per heavy atom. The van der Waals surface area contributed by atoms with Crippen LogP contribution in [0.5, 0.6) is 0 Å². The number of thioether (sulfide) groups is 1. The lowest BCUT2D eigenvalue weighted by Crippen LogP contribution is -2.40. The van der Waals surface area contributed by atoms with Gasteiger partial charge in [-0.25, -0.2) is 4.99 Å². The first kappa shape index (κ1) is 21.6. The molecule has 31 heavy (non-hydrogen) atoms. The smallest absolute Gasteiger partial charge is 0.278 e. The zero-order valence-corrected chi connectivity index (χ0v) is 18.6. The van der Waals surface area contributed by atoms with Crippen LogP contribution in [0.4, 0.5) is 0 Å². The molecule has 1 saturated heterocycles. The lowest BCUT2D eigenvalue weighted by molar-refractivity contribution is -0.127. The number of likely N-dealkylation sites (tertiary alicyclic amines) is 1. The van der Waals surface area contributed by atoms with Gasteiger partial charge in [-0.1, -0.05) is 49.6 Å². The minimum Gasteiger partial charge on any atom is -0.342 e. The molecule has 3 aliphatic rings. The van der Waals surface area contributed by atoms with Crippen LogP contribution in [0, 0.1) is 11.3 Å². The highest BCUT2D eigenvalue weighted by atomic mass is 32.2. The van der Waals surface area contributed by atoms with Gasteiger partial charge in [0.1, 0.15) is 5.70 Å². The van der Waals surface area contributed by atoms with E-state index in [1.54, 1.807) is 18.2 Å². The molecule has 4 rings (SSSR count). The van der Waals surface area contributed by atoms with Gasteiger partial charge in [0.2, 0.25) is 5.91 Å². The van der Waals surface area contributed by atoms with Gasteiger partial charge in [0.05, 0.1) is 17.4 Å². The van der Waals surface area contributed by atoms with Gasteiger partial charge in [-0.3, -0.25) is 14.5 Å². The van der Waals surface area contributed by atoms with Crippen molar-refractivity contribution in [3.8, 4) is 6.07 Å². The van der Waals surface area contributed by atoms with E-state index in [0.717, 1.165) is 57.2 Å². The van der Waals surface area contributed by atoms with E-state index < -0.39 is 0 Å². The number of rotatable bonds is 4. The van der Waals surface area contributed by atoms with Gasteiger partial charge >= 0.3 is 0 Å². The predicted molar refractivity (Wildman–Crippen MR) is 123 cm³/mol. The lowest BCUT2D eigenvalue weighted by Gasteiger charge is -2.27. The van der Waals surface area contributed by atoms with Crippen LogP contribution in [0.25, 0.3) is 6.08 Å². The molecule has 2 heterocycles. The summed E-state index contributed by atoms with van der Waals surface area (Å²) in [5, 5.41) is 9.65. The highest BCUT2D eigenvalue weighted by Crippen LogP contribution is 2.31. The van der Waals surface area contributed by atoms with Crippen LogP contribution in [-0.4, -0.2) is 51.7 Å². The Labute approximate surface area is 188 Å². The Morgan fingerprint density at radius 2 is 1.77 bits per heavy atom. The van der Waals surface area contributed by atoms with Crippen LogP contribution in [0.3, 0.4) is 0 Å². The zero-order chi connectivity index (χ0) is 21.6. The number of hydrogen-bond donors (Lipinski definition) is 0. The van der Waals surface area contributed by atoms with E-state index in [9.17, 15) is 9.59 Å². The summed E-state index contributed by atoms with van der Waals surface area (Å²) in [5.41, 5.74) is 1.83. The molecular weight excluding hydrogens is 408 g/mol. The van der Waals surface area contributed by atoms with Gasteiger partial charge in [0.25, 0.3) is 5.91 Å². The highest BCUT2D eigenvalue weighted by Gasteiger charge is 2.36. The van der Waals surface area contributed by atoms with Crippen molar-refractivity contribution in [2.45, 2.75) is 57.4 Å². The van der Waals surface area contributed by atoms with E-state index in [1.165, 1.54) is 24.6 Å². The maximum atomic E-state index is 13.3. The van der Waals surface area contributed by atoms with Gasteiger partial charge in [-0.05, 0) is 49.5 Å². The van der Waals surface area contributed by atoms with Crippen molar-refractivity contribution in [3.63, 3.8) is 0 Å². The molecule has 0 radical (unpaired) electrons. The summed E-state index contributed by atoms with van der Waals surface area (Å²) in [4.78, 5) is 34.3. The number of amidine groups is 1. The van der Waals surface area contributed by atoms with E-state index in [2.05, 4.69) is 11.1 Å². The van der Waals surface area contributed by atoms with Crippen LogP contribution in [0.1, 0.15) is 62.5 Å². The van der Waals surface area contributed by atoms with Gasteiger partial charge in [0.15, 0.2) is 5.17 Å². The van der Waals surface area contributed by atoms with Gasteiger partial charge in [-0.15, -0.1) is 0 Å². The monoisotopic (exact) mass is 436 g/mol. The van der Waals surface area contributed by atoms with Gasteiger partial charge in [-0.2, -0.15) is 5.26 Å². The Kier molecular flexibility index (Phi) is 7.08. The fourth-order valence-corrected chi connectivity index (χ4v) is 5.41. The molecule has 1 saturated carbocycles. The molecule has 0 unspecified atom stereocenters. The SMILES string of the molecule is N#Cc1ccc(C=C2N=C(SCC(=O)N3CCCC3)N(C3CCCCCC3)C2=O)cc1. The summed E-state index contributed by atoms with van der Waals surface area (Å²) in [7, 11) is 0. The van der Waals surface area contributed by atoms with Crippen LogP contribution in [-0.2, 0) is 9.59 Å². The van der Waals surface area contributed by atoms with Crippen LogP contribution < -0.4 is 0 Å². The first-order chi connectivity index (χ1) is 15.2. The van der Waals surface area contributed by atoms with Crippen molar-refractivity contribution in [2.24, 2.45) is 4.99 Å². The van der Waals surface area contributed by atoms with Crippen molar-refractivity contribution in [3.05, 3.63) is 41.1 Å². The van der Waals surface area contributed by atoms with Crippen molar-refractivity contribution in [2.75, 3.05) is 18.8 Å². The number of benzene rings is 1. The number of carbonyl (C=O) groups is 2. The number of nitriles is 1. The summed E-state index contributed by atoms with van der Waals surface area (Å²) in [5.74, 6) is 0.370. The van der Waals surface area contributed by atoms with Crippen molar-refractivity contribution < 1.29 is 9.59 Å². The summed E-state index contributed by atoms with van der Waals surface area (Å²) in [6, 6.07) is 9.39. The normalized spacial score (nSPS) is 21.3. The first-order valence-corrected chi connectivity index (χ1v) is 12.2. The summed E-state index contributed by atoms with van der Waals surface area (Å²) in [6.45, 7) is 1.67. The van der Waals surface area contributed by atoms with Crippen LogP contribution in [0.2, 0.25) is 0 Å². The molecule has 2 amide bonds. The Balaban J connectivity index is 1.55. The second kappa shape index (κ2) is 10.1.